The molecule has 0 N–H and O–H groups in total. The van der Waals surface area contributed by atoms with Crippen molar-refractivity contribution < 1.29 is 19.4 Å². The second-order valence-electron chi connectivity index (χ2n) is 6.11. The number of hydrogen-bond acceptors (Lipinski definition) is 5. The molecule has 1 heterocycles. The minimum Gasteiger partial charge on any atom is -0.548 e. The first-order chi connectivity index (χ1) is 12.2. The third-order valence-electron chi connectivity index (χ3n) is 4.72. The maximum atomic E-state index is 12.3. The number of carboxylic acid groups (broad SMARTS) is 1. The molecule has 0 aromatic heterocycles. The number of carboxylic acids is 1. The molecule has 1 aliphatic carbocycles. The summed E-state index contributed by atoms with van der Waals surface area (Å²) in [5.74, 6) is -0.617. The van der Waals surface area contributed by atoms with Crippen LogP contribution in [-0.2, 0) is 9.53 Å². The van der Waals surface area contributed by atoms with Crippen LogP contribution in [0.25, 0.3) is 11.1 Å². The maximum absolute atomic E-state index is 12.3. The van der Waals surface area contributed by atoms with Gasteiger partial charge in [0, 0.05) is 11.7 Å². The number of thioether (sulfide) groups is 1. The Morgan fingerprint density at radius 2 is 1.68 bits per heavy atom. The summed E-state index contributed by atoms with van der Waals surface area (Å²) in [6, 6.07) is 15.3. The average Bonchev–Trinajstić information content (AvgIpc) is 3.23. The molecule has 0 radical (unpaired) electrons. The molecular formula is C19H16NO4S-. The average molecular weight is 354 g/mol. The Hall–Kier alpha value is -2.47. The van der Waals surface area contributed by atoms with Crippen LogP contribution < -0.4 is 5.11 Å². The van der Waals surface area contributed by atoms with E-state index in [1.165, 1.54) is 16.7 Å². The Morgan fingerprint density at radius 1 is 1.08 bits per heavy atom. The van der Waals surface area contributed by atoms with Gasteiger partial charge in [-0.3, -0.25) is 4.90 Å². The van der Waals surface area contributed by atoms with Gasteiger partial charge in [-0.25, -0.2) is 4.79 Å². The molecule has 0 spiro atoms. The number of nitrogens with zero attached hydrogens (tertiary/aromatic N) is 1. The van der Waals surface area contributed by atoms with Crippen LogP contribution in [0, 0.1) is 0 Å². The molecule has 4 rings (SSSR count). The standard InChI is InChI=1S/C19H17NO4S/c21-18(22)17-10-25-11-20(17)19(23)24-9-16-14-7-3-1-5-12(14)13-6-2-4-8-15(13)16/h1-8,16-17H,9-11H2,(H,21,22)/p-1/t17-/m1/s1. The van der Waals surface area contributed by atoms with Crippen molar-refractivity contribution in [3.63, 3.8) is 0 Å². The number of hydrogen-bond donors (Lipinski definition) is 0. The van der Waals surface area contributed by atoms with Crippen LogP contribution in [0.2, 0.25) is 0 Å². The van der Waals surface area contributed by atoms with Gasteiger partial charge < -0.3 is 14.6 Å². The van der Waals surface area contributed by atoms with Crippen molar-refractivity contribution in [2.45, 2.75) is 12.0 Å². The van der Waals surface area contributed by atoms with E-state index in [2.05, 4.69) is 12.1 Å². The highest BCUT2D eigenvalue weighted by molar-refractivity contribution is 7.99. The molecule has 6 heteroatoms. The molecule has 2 aliphatic rings. The van der Waals surface area contributed by atoms with Crippen molar-refractivity contribution in [3.8, 4) is 11.1 Å². The third kappa shape index (κ3) is 2.76. The highest BCUT2D eigenvalue weighted by atomic mass is 32.2. The van der Waals surface area contributed by atoms with E-state index in [1.807, 2.05) is 36.4 Å². The summed E-state index contributed by atoms with van der Waals surface area (Å²) in [4.78, 5) is 24.7. The summed E-state index contributed by atoms with van der Waals surface area (Å²) in [5.41, 5.74) is 4.57. The number of carbonyl (C=O) groups excluding carboxylic acids is 2. The van der Waals surface area contributed by atoms with E-state index in [-0.39, 0.29) is 12.5 Å². The van der Waals surface area contributed by atoms with Crippen molar-refractivity contribution in [2.24, 2.45) is 0 Å². The van der Waals surface area contributed by atoms with Gasteiger partial charge in [-0.1, -0.05) is 48.5 Å². The lowest BCUT2D eigenvalue weighted by molar-refractivity contribution is -0.309. The third-order valence-corrected chi connectivity index (χ3v) is 5.74. The molecule has 1 amide bonds. The summed E-state index contributed by atoms with van der Waals surface area (Å²) < 4.78 is 5.49. The zero-order chi connectivity index (χ0) is 17.4. The van der Waals surface area contributed by atoms with Crippen LogP contribution in [0.4, 0.5) is 4.79 Å². The SMILES string of the molecule is O=C([O-])[C@H]1CSCN1C(=O)OCC1c2ccccc2-c2ccccc21. The monoisotopic (exact) mass is 354 g/mol. The molecule has 2 aromatic carbocycles. The van der Waals surface area contributed by atoms with Gasteiger partial charge in [0.05, 0.1) is 17.9 Å². The summed E-state index contributed by atoms with van der Waals surface area (Å²) in [6.45, 7) is 0.188. The highest BCUT2D eigenvalue weighted by Gasteiger charge is 2.33. The number of ether oxygens (including phenoxy) is 1. The molecule has 25 heavy (non-hydrogen) atoms. The van der Waals surface area contributed by atoms with E-state index >= 15 is 0 Å². The van der Waals surface area contributed by atoms with E-state index in [0.29, 0.717) is 11.6 Å². The smallest absolute Gasteiger partial charge is 0.411 e. The molecule has 0 unspecified atom stereocenters. The predicted molar refractivity (Wildman–Crippen MR) is 93.0 cm³/mol. The van der Waals surface area contributed by atoms with Crippen LogP contribution in [0.15, 0.2) is 48.5 Å². The summed E-state index contributed by atoms with van der Waals surface area (Å²) in [7, 11) is 0. The Labute approximate surface area is 149 Å². The zero-order valence-corrected chi connectivity index (χ0v) is 14.2. The Balaban J connectivity index is 1.53. The van der Waals surface area contributed by atoms with E-state index in [0.717, 1.165) is 22.3 Å². The van der Waals surface area contributed by atoms with Gasteiger partial charge >= 0.3 is 6.09 Å². The molecule has 0 bridgehead atoms. The van der Waals surface area contributed by atoms with Gasteiger partial charge in [0.1, 0.15) is 6.61 Å². The lowest BCUT2D eigenvalue weighted by Gasteiger charge is -2.24. The molecule has 1 fully saturated rings. The molecule has 0 saturated carbocycles. The van der Waals surface area contributed by atoms with Gasteiger partial charge in [-0.05, 0) is 22.3 Å². The van der Waals surface area contributed by atoms with Crippen molar-refractivity contribution in [1.82, 2.24) is 4.90 Å². The number of fused-ring (bicyclic) bond motifs is 3. The fraction of sp³-hybridized carbons (Fsp3) is 0.263. The van der Waals surface area contributed by atoms with Gasteiger partial charge in [0.2, 0.25) is 0 Å². The number of rotatable bonds is 3. The quantitative estimate of drug-likeness (QED) is 0.844. The maximum Gasteiger partial charge on any atom is 0.411 e. The van der Waals surface area contributed by atoms with E-state index < -0.39 is 18.1 Å². The second kappa shape index (κ2) is 6.44. The van der Waals surface area contributed by atoms with Crippen molar-refractivity contribution in [1.29, 1.82) is 0 Å². The molecule has 1 saturated heterocycles. The fourth-order valence-corrected chi connectivity index (χ4v) is 4.62. The van der Waals surface area contributed by atoms with Crippen LogP contribution in [0.5, 0.6) is 0 Å². The van der Waals surface area contributed by atoms with Crippen molar-refractivity contribution in [2.75, 3.05) is 18.2 Å². The summed E-state index contributed by atoms with van der Waals surface area (Å²) in [5, 5.41) is 11.1. The normalized spacial score (nSPS) is 18.7. The summed E-state index contributed by atoms with van der Waals surface area (Å²) in [6.07, 6.45) is -0.596. The minimum absolute atomic E-state index is 0.0343. The van der Waals surface area contributed by atoms with Crippen molar-refractivity contribution in [3.05, 3.63) is 59.7 Å². The topological polar surface area (TPSA) is 69.7 Å². The lowest BCUT2D eigenvalue weighted by Crippen LogP contribution is -2.48. The molecular weight excluding hydrogens is 338 g/mol. The van der Waals surface area contributed by atoms with Crippen LogP contribution in [0.3, 0.4) is 0 Å². The Morgan fingerprint density at radius 3 is 2.28 bits per heavy atom. The Bertz CT molecular complexity index is 792. The molecule has 5 nitrogen and oxygen atoms in total. The van der Waals surface area contributed by atoms with Gasteiger partial charge in [0.15, 0.2) is 0 Å². The Kier molecular flexibility index (Phi) is 4.13. The number of benzene rings is 2. The number of amides is 1. The van der Waals surface area contributed by atoms with Crippen LogP contribution in [0.1, 0.15) is 17.0 Å². The summed E-state index contributed by atoms with van der Waals surface area (Å²) >= 11 is 1.39. The number of aliphatic carboxylic acids is 1. The van der Waals surface area contributed by atoms with E-state index in [4.69, 9.17) is 4.74 Å². The van der Waals surface area contributed by atoms with Crippen LogP contribution >= 0.6 is 11.8 Å². The lowest BCUT2D eigenvalue weighted by atomic mass is 9.98. The fourth-order valence-electron chi connectivity index (χ4n) is 3.49. The highest BCUT2D eigenvalue weighted by Crippen LogP contribution is 2.44. The number of carbonyl (C=O) groups is 2. The van der Waals surface area contributed by atoms with E-state index in [9.17, 15) is 14.7 Å². The molecule has 1 atom stereocenters. The largest absolute Gasteiger partial charge is 0.548 e. The minimum atomic E-state index is -1.24. The van der Waals surface area contributed by atoms with Gasteiger partial charge in [-0.2, -0.15) is 0 Å². The van der Waals surface area contributed by atoms with Gasteiger partial charge in [-0.15, -0.1) is 11.8 Å². The molecule has 128 valence electrons. The van der Waals surface area contributed by atoms with E-state index in [1.54, 1.807) is 0 Å². The van der Waals surface area contributed by atoms with Crippen LogP contribution in [-0.4, -0.2) is 41.2 Å². The zero-order valence-electron chi connectivity index (χ0n) is 13.4. The van der Waals surface area contributed by atoms with Gasteiger partial charge in [0.25, 0.3) is 0 Å². The molecule has 1 aliphatic heterocycles. The molecule has 2 aromatic rings. The first-order valence-electron chi connectivity index (χ1n) is 8.07. The first-order valence-corrected chi connectivity index (χ1v) is 9.22. The second-order valence-corrected chi connectivity index (χ2v) is 7.11. The predicted octanol–water partition coefficient (Wildman–Crippen LogP) is 2.06. The van der Waals surface area contributed by atoms with Crippen molar-refractivity contribution >= 4 is 23.8 Å². The first kappa shape index (κ1) is 16.0.